The molecule has 1 radical (unpaired) electrons. The predicted molar refractivity (Wildman–Crippen MR) is 73.6 cm³/mol. The molecule has 0 spiro atoms. The van der Waals surface area contributed by atoms with Crippen molar-refractivity contribution >= 4 is 29.6 Å². The van der Waals surface area contributed by atoms with Gasteiger partial charge in [-0.25, -0.2) is 0 Å². The summed E-state index contributed by atoms with van der Waals surface area (Å²) in [7, 11) is 0. The second-order valence-corrected chi connectivity index (χ2v) is 4.34. The van der Waals surface area contributed by atoms with Gasteiger partial charge < -0.3 is 12.2 Å². The Morgan fingerprint density at radius 2 is 2.22 bits per heavy atom. The maximum absolute atomic E-state index is 7.22. The number of anilines is 1. The first-order chi connectivity index (χ1) is 8.01. The number of allylic oxidation sites excluding steroid dienone is 1. The molecule has 2 N–H and O–H groups in total. The Morgan fingerprint density at radius 3 is 2.67 bits per heavy atom. The van der Waals surface area contributed by atoms with Crippen molar-refractivity contribution < 1.29 is 32.7 Å². The minimum atomic E-state index is 0. The molecule has 1 heterocycles. The quantitative estimate of drug-likeness (QED) is 0.679. The Morgan fingerprint density at radius 1 is 1.61 bits per heavy atom. The molecule has 18 heavy (non-hydrogen) atoms. The minimum absolute atomic E-state index is 0. The summed E-state index contributed by atoms with van der Waals surface area (Å²) >= 11 is 6.12. The van der Waals surface area contributed by atoms with Crippen LogP contribution in [0.15, 0.2) is 17.8 Å². The number of aromatic nitrogens is 1. The summed E-state index contributed by atoms with van der Waals surface area (Å²) in [5.41, 5.74) is 7.64. The first-order valence-electron chi connectivity index (χ1n) is 5.22. The van der Waals surface area contributed by atoms with Crippen molar-refractivity contribution in [2.45, 2.75) is 13.8 Å². The Kier molecular flexibility index (Phi) is 7.47. The van der Waals surface area contributed by atoms with Gasteiger partial charge in [-0.3, -0.25) is 10.9 Å². The standard InChI is InChI=1S/C14H14ClN2.Y/c1-5-11-10(7-13(15)9(3)4)8-17-14(16)12(11)6-2;/h5,7-9H,1H2,3-4H3,(H2,16,17);/q-1;/b13-7+;. The fourth-order valence-corrected chi connectivity index (χ4v) is 1.45. The average Bonchev–Trinajstić information content (AvgIpc) is 2.30. The van der Waals surface area contributed by atoms with Crippen LogP contribution in [0.1, 0.15) is 30.5 Å². The number of pyridine rings is 1. The number of halogens is 1. The molecule has 0 aliphatic rings. The number of hydrogen-bond donors (Lipinski definition) is 1. The van der Waals surface area contributed by atoms with Crippen molar-refractivity contribution in [1.29, 1.82) is 0 Å². The molecule has 0 saturated carbocycles. The third-order valence-electron chi connectivity index (χ3n) is 2.35. The van der Waals surface area contributed by atoms with Crippen molar-refractivity contribution in [3.05, 3.63) is 40.9 Å². The van der Waals surface area contributed by atoms with Gasteiger partial charge in [0.2, 0.25) is 0 Å². The monoisotopic (exact) mass is 334 g/mol. The third kappa shape index (κ3) is 3.95. The zero-order chi connectivity index (χ0) is 13.0. The van der Waals surface area contributed by atoms with Gasteiger partial charge >= 0.3 is 0 Å². The molecule has 0 saturated heterocycles. The summed E-state index contributed by atoms with van der Waals surface area (Å²) in [5, 5.41) is 0.718. The van der Waals surface area contributed by atoms with E-state index < -0.39 is 0 Å². The van der Waals surface area contributed by atoms with Gasteiger partial charge in [-0.05, 0) is 17.6 Å². The van der Waals surface area contributed by atoms with Crippen LogP contribution in [0.4, 0.5) is 5.82 Å². The van der Waals surface area contributed by atoms with Crippen LogP contribution < -0.4 is 5.73 Å². The van der Waals surface area contributed by atoms with Gasteiger partial charge in [0.05, 0.1) is 5.82 Å². The Balaban J connectivity index is 0.00000289. The van der Waals surface area contributed by atoms with E-state index in [9.17, 15) is 0 Å². The van der Waals surface area contributed by atoms with E-state index in [1.165, 1.54) is 0 Å². The van der Waals surface area contributed by atoms with E-state index in [0.717, 1.165) is 16.2 Å². The van der Waals surface area contributed by atoms with Crippen LogP contribution in [-0.4, -0.2) is 4.98 Å². The van der Waals surface area contributed by atoms with Crippen LogP contribution in [-0.2, 0) is 32.7 Å². The van der Waals surface area contributed by atoms with Crippen LogP contribution in [0.25, 0.3) is 12.2 Å². The van der Waals surface area contributed by atoms with Crippen LogP contribution >= 0.6 is 11.6 Å². The summed E-state index contributed by atoms with van der Waals surface area (Å²) < 4.78 is 0. The van der Waals surface area contributed by atoms with Gasteiger partial charge in [0.15, 0.2) is 0 Å². The second-order valence-electron chi connectivity index (χ2n) is 3.90. The SMILES string of the molecule is [C-]#Cc1c(N)ncc(/C=C(/Cl)C(C)C)c1C=C.[Y]. The first-order valence-corrected chi connectivity index (χ1v) is 5.59. The molecule has 1 aromatic rings. The average molecular weight is 335 g/mol. The summed E-state index contributed by atoms with van der Waals surface area (Å²) in [6, 6.07) is 0. The largest absolute Gasteiger partial charge is 0.398 e. The van der Waals surface area contributed by atoms with Gasteiger partial charge in [0.25, 0.3) is 0 Å². The number of nitrogen functional groups attached to an aromatic ring is 1. The van der Waals surface area contributed by atoms with Crippen molar-refractivity contribution in [3.63, 3.8) is 0 Å². The maximum atomic E-state index is 7.22. The molecule has 0 fully saturated rings. The molecule has 4 heteroatoms. The van der Waals surface area contributed by atoms with Gasteiger partial charge in [-0.15, -0.1) is 0 Å². The Hall–Kier alpha value is -0.616. The van der Waals surface area contributed by atoms with Crippen molar-refractivity contribution in [1.82, 2.24) is 4.98 Å². The molecule has 1 aromatic heterocycles. The minimum Gasteiger partial charge on any atom is -0.398 e. The number of hydrogen-bond acceptors (Lipinski definition) is 2. The first kappa shape index (κ1) is 17.4. The smallest absolute Gasteiger partial charge is 0.0554 e. The van der Waals surface area contributed by atoms with E-state index in [2.05, 4.69) is 17.5 Å². The van der Waals surface area contributed by atoms with Crippen LogP contribution in [0, 0.1) is 18.3 Å². The summed E-state index contributed by atoms with van der Waals surface area (Å²) in [6.45, 7) is 7.72. The molecule has 2 nitrogen and oxygen atoms in total. The molecular formula is C14H14ClN2Y-. The van der Waals surface area contributed by atoms with Crippen LogP contribution in [0.5, 0.6) is 0 Å². The third-order valence-corrected chi connectivity index (χ3v) is 2.90. The summed E-state index contributed by atoms with van der Waals surface area (Å²) in [4.78, 5) is 4.02. The Labute approximate surface area is 139 Å². The van der Waals surface area contributed by atoms with Crippen molar-refractivity contribution in [2.75, 3.05) is 5.73 Å². The van der Waals surface area contributed by atoms with Gasteiger partial charge in [0, 0.05) is 43.9 Å². The molecule has 0 aliphatic carbocycles. The van der Waals surface area contributed by atoms with Gasteiger partial charge in [-0.2, -0.15) is 0 Å². The molecule has 91 valence electrons. The van der Waals surface area contributed by atoms with Crippen LogP contribution in [0.3, 0.4) is 0 Å². The molecule has 0 unspecified atom stereocenters. The maximum Gasteiger partial charge on any atom is 0.0554 e. The number of nitrogens with zero attached hydrogens (tertiary/aromatic N) is 1. The molecule has 0 amide bonds. The Bertz CT molecular complexity index is 513. The second kappa shape index (κ2) is 7.74. The molecule has 0 aromatic carbocycles. The van der Waals surface area contributed by atoms with Crippen LogP contribution in [0.2, 0.25) is 0 Å². The zero-order valence-electron chi connectivity index (χ0n) is 10.5. The molecular weight excluding hydrogens is 321 g/mol. The number of nitrogens with two attached hydrogens (primary N) is 1. The van der Waals surface area contributed by atoms with E-state index in [0.29, 0.717) is 5.56 Å². The van der Waals surface area contributed by atoms with Crippen molar-refractivity contribution in [3.8, 4) is 5.92 Å². The van der Waals surface area contributed by atoms with Crippen molar-refractivity contribution in [2.24, 2.45) is 5.92 Å². The van der Waals surface area contributed by atoms with E-state index in [-0.39, 0.29) is 44.4 Å². The fourth-order valence-electron chi connectivity index (χ4n) is 1.34. The number of rotatable bonds is 3. The molecule has 1 rings (SSSR count). The van der Waals surface area contributed by atoms with E-state index in [4.69, 9.17) is 23.8 Å². The summed E-state index contributed by atoms with van der Waals surface area (Å²) in [6.07, 6.45) is 12.3. The molecule has 0 atom stereocenters. The van der Waals surface area contributed by atoms with Gasteiger partial charge in [-0.1, -0.05) is 49.2 Å². The van der Waals surface area contributed by atoms with Gasteiger partial charge in [0.1, 0.15) is 0 Å². The zero-order valence-corrected chi connectivity index (χ0v) is 14.1. The van der Waals surface area contributed by atoms with E-state index >= 15 is 0 Å². The molecule has 0 aliphatic heterocycles. The predicted octanol–water partition coefficient (Wildman–Crippen LogP) is 3.48. The fraction of sp³-hybridized carbons (Fsp3) is 0.214. The van der Waals surface area contributed by atoms with E-state index in [1.807, 2.05) is 19.9 Å². The molecule has 0 bridgehead atoms. The van der Waals surface area contributed by atoms with E-state index in [1.54, 1.807) is 12.3 Å². The topological polar surface area (TPSA) is 38.9 Å². The summed E-state index contributed by atoms with van der Waals surface area (Å²) in [5.74, 6) is 2.78. The normalized spacial score (nSPS) is 10.7.